The number of amides is 1. The zero-order valence-corrected chi connectivity index (χ0v) is 11.8. The van der Waals surface area contributed by atoms with Crippen molar-refractivity contribution in [2.45, 2.75) is 40.7 Å². The van der Waals surface area contributed by atoms with Gasteiger partial charge in [0.1, 0.15) is 0 Å². The monoisotopic (exact) mass is 246 g/mol. The van der Waals surface area contributed by atoms with E-state index in [1.807, 2.05) is 19.1 Å². The summed E-state index contributed by atoms with van der Waals surface area (Å²) in [7, 11) is 0. The van der Waals surface area contributed by atoms with Crippen LogP contribution in [0.2, 0.25) is 0 Å². The van der Waals surface area contributed by atoms with Crippen LogP contribution in [0.3, 0.4) is 0 Å². The van der Waals surface area contributed by atoms with Gasteiger partial charge in [-0.15, -0.1) is 0 Å². The van der Waals surface area contributed by atoms with E-state index < -0.39 is 0 Å². The van der Waals surface area contributed by atoms with E-state index in [9.17, 15) is 4.79 Å². The SMILES string of the molecule is Cc1ccc(N)c(C(=O)NC2C(C)(C)C2(C)C)c1. The minimum Gasteiger partial charge on any atom is -0.398 e. The fraction of sp³-hybridized carbons (Fsp3) is 0.533. The molecule has 1 aromatic rings. The molecular formula is C15H22N2O. The first kappa shape index (κ1) is 12.9. The summed E-state index contributed by atoms with van der Waals surface area (Å²) in [6.07, 6.45) is 0. The summed E-state index contributed by atoms with van der Waals surface area (Å²) in [5.41, 5.74) is 8.30. The van der Waals surface area contributed by atoms with Crippen LogP contribution in [0, 0.1) is 17.8 Å². The number of aryl methyl sites for hydroxylation is 1. The van der Waals surface area contributed by atoms with E-state index in [-0.39, 0.29) is 22.8 Å². The molecule has 0 radical (unpaired) electrons. The van der Waals surface area contributed by atoms with Gasteiger partial charge in [0.2, 0.25) is 0 Å². The van der Waals surface area contributed by atoms with E-state index in [2.05, 4.69) is 33.0 Å². The topological polar surface area (TPSA) is 55.1 Å². The Morgan fingerprint density at radius 2 is 1.78 bits per heavy atom. The van der Waals surface area contributed by atoms with Crippen LogP contribution < -0.4 is 11.1 Å². The number of nitrogens with one attached hydrogen (secondary N) is 1. The van der Waals surface area contributed by atoms with Crippen LogP contribution in [-0.4, -0.2) is 11.9 Å². The smallest absolute Gasteiger partial charge is 0.253 e. The highest BCUT2D eigenvalue weighted by atomic mass is 16.1. The summed E-state index contributed by atoms with van der Waals surface area (Å²) in [6, 6.07) is 5.75. The Labute approximate surface area is 109 Å². The maximum atomic E-state index is 12.3. The maximum Gasteiger partial charge on any atom is 0.253 e. The van der Waals surface area contributed by atoms with Gasteiger partial charge >= 0.3 is 0 Å². The van der Waals surface area contributed by atoms with Crippen molar-refractivity contribution in [1.82, 2.24) is 5.32 Å². The van der Waals surface area contributed by atoms with E-state index >= 15 is 0 Å². The molecule has 1 fully saturated rings. The van der Waals surface area contributed by atoms with Crippen LogP contribution in [0.4, 0.5) is 5.69 Å². The Kier molecular flexibility index (Phi) is 2.69. The van der Waals surface area contributed by atoms with Crippen molar-refractivity contribution in [3.8, 4) is 0 Å². The first-order chi connectivity index (χ1) is 8.18. The maximum absolute atomic E-state index is 12.3. The first-order valence-corrected chi connectivity index (χ1v) is 6.35. The normalized spacial score (nSPS) is 20.5. The van der Waals surface area contributed by atoms with Crippen molar-refractivity contribution >= 4 is 11.6 Å². The molecule has 1 aromatic carbocycles. The Balaban J connectivity index is 2.17. The third kappa shape index (κ3) is 1.78. The standard InChI is InChI=1S/C15H22N2O/c1-9-6-7-11(16)10(8-9)12(18)17-13-14(2,3)15(13,4)5/h6-8,13H,16H2,1-5H3,(H,17,18). The fourth-order valence-corrected chi connectivity index (χ4v) is 2.63. The van der Waals surface area contributed by atoms with Gasteiger partial charge in [-0.1, -0.05) is 39.3 Å². The molecule has 3 heteroatoms. The van der Waals surface area contributed by atoms with Gasteiger partial charge in [0.15, 0.2) is 0 Å². The number of carbonyl (C=O) groups excluding carboxylic acids is 1. The Hall–Kier alpha value is -1.51. The van der Waals surface area contributed by atoms with Crippen molar-refractivity contribution in [2.75, 3.05) is 5.73 Å². The lowest BCUT2D eigenvalue weighted by atomic mass is 10.0. The van der Waals surface area contributed by atoms with Gasteiger partial charge in [-0.05, 0) is 29.9 Å². The first-order valence-electron chi connectivity index (χ1n) is 6.35. The molecule has 0 aromatic heterocycles. The average molecular weight is 246 g/mol. The van der Waals surface area contributed by atoms with Gasteiger partial charge in [-0.3, -0.25) is 4.79 Å². The van der Waals surface area contributed by atoms with Crippen LogP contribution in [0.5, 0.6) is 0 Å². The minimum absolute atomic E-state index is 0.0696. The second-order valence-corrected chi connectivity index (χ2v) is 6.44. The Morgan fingerprint density at radius 1 is 1.22 bits per heavy atom. The molecule has 0 aliphatic heterocycles. The van der Waals surface area contributed by atoms with Crippen molar-refractivity contribution in [3.63, 3.8) is 0 Å². The fourth-order valence-electron chi connectivity index (χ4n) is 2.63. The summed E-state index contributed by atoms with van der Waals surface area (Å²) >= 11 is 0. The lowest BCUT2D eigenvalue weighted by molar-refractivity contribution is 0.0944. The van der Waals surface area contributed by atoms with Crippen LogP contribution in [-0.2, 0) is 0 Å². The van der Waals surface area contributed by atoms with Gasteiger partial charge in [0.25, 0.3) is 5.91 Å². The number of nitrogen functional groups attached to an aromatic ring is 1. The molecule has 1 aliphatic rings. The van der Waals surface area contributed by atoms with Crippen LogP contribution in [0.25, 0.3) is 0 Å². The van der Waals surface area contributed by atoms with Crippen molar-refractivity contribution in [3.05, 3.63) is 29.3 Å². The zero-order valence-electron chi connectivity index (χ0n) is 11.8. The predicted octanol–water partition coefficient (Wildman–Crippen LogP) is 2.74. The van der Waals surface area contributed by atoms with Crippen LogP contribution >= 0.6 is 0 Å². The molecule has 2 rings (SSSR count). The van der Waals surface area contributed by atoms with Crippen LogP contribution in [0.15, 0.2) is 18.2 Å². The highest BCUT2D eigenvalue weighted by Gasteiger charge is 2.65. The summed E-state index contributed by atoms with van der Waals surface area (Å²) in [4.78, 5) is 12.3. The zero-order chi connectivity index (χ0) is 13.7. The number of hydrogen-bond acceptors (Lipinski definition) is 2. The largest absolute Gasteiger partial charge is 0.398 e. The summed E-state index contributed by atoms with van der Waals surface area (Å²) < 4.78 is 0. The highest BCUT2D eigenvalue weighted by Crippen LogP contribution is 2.62. The number of hydrogen-bond donors (Lipinski definition) is 2. The predicted molar refractivity (Wildman–Crippen MR) is 74.4 cm³/mol. The molecule has 1 saturated carbocycles. The molecule has 0 atom stereocenters. The molecule has 1 amide bonds. The third-order valence-corrected chi connectivity index (χ3v) is 4.75. The molecular weight excluding hydrogens is 224 g/mol. The molecule has 0 unspecified atom stereocenters. The van der Waals surface area contributed by atoms with Gasteiger partial charge in [-0.25, -0.2) is 0 Å². The lowest BCUT2D eigenvalue weighted by Gasteiger charge is -2.09. The molecule has 98 valence electrons. The Bertz CT molecular complexity index is 489. The molecule has 3 nitrogen and oxygen atoms in total. The van der Waals surface area contributed by atoms with Gasteiger partial charge in [0, 0.05) is 11.7 Å². The molecule has 0 heterocycles. The van der Waals surface area contributed by atoms with Crippen molar-refractivity contribution in [2.24, 2.45) is 10.8 Å². The highest BCUT2D eigenvalue weighted by molar-refractivity contribution is 5.99. The summed E-state index contributed by atoms with van der Waals surface area (Å²) in [5, 5.41) is 3.10. The number of anilines is 1. The van der Waals surface area contributed by atoms with E-state index in [1.165, 1.54) is 0 Å². The number of nitrogens with two attached hydrogens (primary N) is 1. The molecule has 0 bridgehead atoms. The van der Waals surface area contributed by atoms with Crippen molar-refractivity contribution < 1.29 is 4.79 Å². The van der Waals surface area contributed by atoms with E-state index in [0.717, 1.165) is 5.56 Å². The van der Waals surface area contributed by atoms with E-state index in [1.54, 1.807) is 6.07 Å². The third-order valence-electron chi connectivity index (χ3n) is 4.75. The van der Waals surface area contributed by atoms with Crippen molar-refractivity contribution in [1.29, 1.82) is 0 Å². The lowest BCUT2D eigenvalue weighted by Crippen LogP contribution is -2.30. The van der Waals surface area contributed by atoms with E-state index in [4.69, 9.17) is 5.73 Å². The molecule has 0 spiro atoms. The molecule has 3 N–H and O–H groups in total. The minimum atomic E-state index is -0.0696. The number of rotatable bonds is 2. The summed E-state index contributed by atoms with van der Waals surface area (Å²) in [6.45, 7) is 10.7. The number of carbonyl (C=O) groups is 1. The van der Waals surface area contributed by atoms with Gasteiger partial charge < -0.3 is 11.1 Å². The van der Waals surface area contributed by atoms with Gasteiger partial charge in [0.05, 0.1) is 5.56 Å². The second kappa shape index (κ2) is 3.74. The van der Waals surface area contributed by atoms with Gasteiger partial charge in [-0.2, -0.15) is 0 Å². The second-order valence-electron chi connectivity index (χ2n) is 6.44. The summed E-state index contributed by atoms with van der Waals surface area (Å²) in [5.74, 6) is -0.0696. The molecule has 1 aliphatic carbocycles. The molecule has 0 saturated heterocycles. The number of benzene rings is 1. The van der Waals surface area contributed by atoms with E-state index in [0.29, 0.717) is 11.3 Å². The quantitative estimate of drug-likeness (QED) is 0.788. The van der Waals surface area contributed by atoms with Crippen LogP contribution in [0.1, 0.15) is 43.6 Å². The molecule has 18 heavy (non-hydrogen) atoms. The Morgan fingerprint density at radius 3 is 2.28 bits per heavy atom. The average Bonchev–Trinajstić information content (AvgIpc) is 2.64.